The quantitative estimate of drug-likeness (QED) is 0.555. The minimum Gasteiger partial charge on any atom is -0.478 e. The molecule has 0 aliphatic rings. The number of hydrogen-bond donors (Lipinski definition) is 1. The highest BCUT2D eigenvalue weighted by molar-refractivity contribution is 6.29. The van der Waals surface area contributed by atoms with Gasteiger partial charge in [0.1, 0.15) is 11.0 Å². The van der Waals surface area contributed by atoms with Crippen LogP contribution in [0.2, 0.25) is 5.15 Å². The molecule has 1 rings (SSSR count). The Kier molecular flexibility index (Phi) is 7.28. The Morgan fingerprint density at radius 1 is 1.30 bits per heavy atom. The van der Waals surface area contributed by atoms with Crippen LogP contribution < -0.4 is 4.90 Å². The van der Waals surface area contributed by atoms with E-state index >= 15 is 0 Å². The Labute approximate surface area is 123 Å². The standard InChI is InChI=1S/C13H19ClN2O4/c1-19-6-3-4-16(5-7-20-2)12-9-10(13(17)18)8-11(14)15-12/h8-9H,3-7H2,1-2H3,(H,17,18). The van der Waals surface area contributed by atoms with Gasteiger partial charge in [0.2, 0.25) is 0 Å². The van der Waals surface area contributed by atoms with E-state index in [1.165, 1.54) is 12.1 Å². The number of ether oxygens (including phenoxy) is 2. The summed E-state index contributed by atoms with van der Waals surface area (Å²) in [6, 6.07) is 2.84. The van der Waals surface area contributed by atoms with Crippen molar-refractivity contribution in [1.82, 2.24) is 4.98 Å². The lowest BCUT2D eigenvalue weighted by Crippen LogP contribution is -2.30. The van der Waals surface area contributed by atoms with Crippen molar-refractivity contribution in [2.75, 3.05) is 45.4 Å². The van der Waals surface area contributed by atoms with E-state index in [-0.39, 0.29) is 10.7 Å². The number of methoxy groups -OCH3 is 2. The number of anilines is 1. The Balaban J connectivity index is 2.90. The van der Waals surface area contributed by atoms with Crippen molar-refractivity contribution < 1.29 is 19.4 Å². The van der Waals surface area contributed by atoms with Gasteiger partial charge in [0, 0.05) is 33.9 Å². The molecule has 0 saturated heterocycles. The predicted octanol–water partition coefficient (Wildman–Crippen LogP) is 1.92. The maximum atomic E-state index is 11.1. The van der Waals surface area contributed by atoms with E-state index in [0.717, 1.165) is 6.42 Å². The number of carboxylic acids is 1. The zero-order valence-corrected chi connectivity index (χ0v) is 12.4. The second kappa shape index (κ2) is 8.73. The highest BCUT2D eigenvalue weighted by Crippen LogP contribution is 2.18. The predicted molar refractivity (Wildman–Crippen MR) is 76.8 cm³/mol. The Hall–Kier alpha value is -1.37. The largest absolute Gasteiger partial charge is 0.478 e. The van der Waals surface area contributed by atoms with Gasteiger partial charge in [-0.25, -0.2) is 9.78 Å². The number of pyridine rings is 1. The summed E-state index contributed by atoms with van der Waals surface area (Å²) in [4.78, 5) is 17.2. The fraction of sp³-hybridized carbons (Fsp3) is 0.538. The number of hydrogen-bond acceptors (Lipinski definition) is 5. The first-order valence-corrected chi connectivity index (χ1v) is 6.60. The third kappa shape index (κ3) is 5.32. The van der Waals surface area contributed by atoms with Gasteiger partial charge in [0.15, 0.2) is 0 Å². The molecule has 7 heteroatoms. The normalized spacial score (nSPS) is 10.6. The van der Waals surface area contributed by atoms with Crippen LogP contribution in [0.1, 0.15) is 16.8 Å². The van der Waals surface area contributed by atoms with E-state index < -0.39 is 5.97 Å². The van der Waals surface area contributed by atoms with Crippen molar-refractivity contribution in [3.05, 3.63) is 22.8 Å². The summed E-state index contributed by atoms with van der Waals surface area (Å²) < 4.78 is 10.1. The van der Waals surface area contributed by atoms with Gasteiger partial charge in [-0.2, -0.15) is 0 Å². The molecule has 0 aliphatic heterocycles. The van der Waals surface area contributed by atoms with Gasteiger partial charge < -0.3 is 19.5 Å². The fourth-order valence-electron chi connectivity index (χ4n) is 1.71. The number of halogens is 1. The molecule has 0 aliphatic carbocycles. The molecule has 112 valence electrons. The molecular weight excluding hydrogens is 284 g/mol. The van der Waals surface area contributed by atoms with Gasteiger partial charge in [-0.1, -0.05) is 11.6 Å². The number of carboxylic acid groups (broad SMARTS) is 1. The fourth-order valence-corrected chi connectivity index (χ4v) is 1.91. The Morgan fingerprint density at radius 3 is 2.60 bits per heavy atom. The van der Waals surface area contributed by atoms with Crippen LogP contribution in [0.15, 0.2) is 12.1 Å². The summed E-state index contributed by atoms with van der Waals surface area (Å²) in [5.41, 5.74) is 0.120. The van der Waals surface area contributed by atoms with E-state index in [1.54, 1.807) is 14.2 Å². The van der Waals surface area contributed by atoms with Crippen molar-refractivity contribution in [3.63, 3.8) is 0 Å². The molecule has 6 nitrogen and oxygen atoms in total. The second-order valence-corrected chi connectivity index (χ2v) is 4.56. The van der Waals surface area contributed by atoms with E-state index in [4.69, 9.17) is 26.2 Å². The lowest BCUT2D eigenvalue weighted by atomic mass is 10.2. The molecule has 0 aromatic carbocycles. The first-order valence-electron chi connectivity index (χ1n) is 6.22. The van der Waals surface area contributed by atoms with E-state index in [2.05, 4.69) is 4.98 Å². The first kappa shape index (κ1) is 16.7. The molecule has 0 radical (unpaired) electrons. The SMILES string of the molecule is COCCCN(CCOC)c1cc(C(=O)O)cc(Cl)n1. The molecular formula is C13H19ClN2O4. The number of aromatic nitrogens is 1. The molecule has 0 amide bonds. The number of aromatic carboxylic acids is 1. The van der Waals surface area contributed by atoms with Crippen LogP contribution in [0, 0.1) is 0 Å². The number of carbonyl (C=O) groups is 1. The summed E-state index contributed by atoms with van der Waals surface area (Å²) in [7, 11) is 3.25. The average Bonchev–Trinajstić information content (AvgIpc) is 2.42. The van der Waals surface area contributed by atoms with Crippen LogP contribution in [-0.2, 0) is 9.47 Å². The highest BCUT2D eigenvalue weighted by Gasteiger charge is 2.13. The summed E-state index contributed by atoms with van der Waals surface area (Å²) in [6.07, 6.45) is 0.802. The van der Waals surface area contributed by atoms with Crippen molar-refractivity contribution in [3.8, 4) is 0 Å². The van der Waals surface area contributed by atoms with Crippen molar-refractivity contribution >= 4 is 23.4 Å². The lowest BCUT2D eigenvalue weighted by Gasteiger charge is -2.23. The zero-order chi connectivity index (χ0) is 15.0. The van der Waals surface area contributed by atoms with Crippen LogP contribution in [0.3, 0.4) is 0 Å². The summed E-state index contributed by atoms with van der Waals surface area (Å²) >= 11 is 5.88. The highest BCUT2D eigenvalue weighted by atomic mass is 35.5. The van der Waals surface area contributed by atoms with Crippen molar-refractivity contribution in [2.24, 2.45) is 0 Å². The Morgan fingerprint density at radius 2 is 2.00 bits per heavy atom. The summed E-state index contributed by atoms with van der Waals surface area (Å²) in [6.45, 7) is 2.43. The molecule has 1 aromatic rings. The van der Waals surface area contributed by atoms with Gasteiger partial charge in [0.05, 0.1) is 12.2 Å². The van der Waals surface area contributed by atoms with Crippen LogP contribution >= 0.6 is 11.6 Å². The number of nitrogens with zero attached hydrogens (tertiary/aromatic N) is 2. The third-order valence-electron chi connectivity index (χ3n) is 2.69. The Bertz CT molecular complexity index is 442. The number of rotatable bonds is 9. The topological polar surface area (TPSA) is 71.9 Å². The van der Waals surface area contributed by atoms with Gasteiger partial charge >= 0.3 is 5.97 Å². The van der Waals surface area contributed by atoms with Gasteiger partial charge in [-0.15, -0.1) is 0 Å². The van der Waals surface area contributed by atoms with E-state index in [0.29, 0.717) is 32.1 Å². The summed E-state index contributed by atoms with van der Waals surface area (Å²) in [5.74, 6) is -0.498. The molecule has 1 aromatic heterocycles. The smallest absolute Gasteiger partial charge is 0.335 e. The maximum Gasteiger partial charge on any atom is 0.335 e. The maximum absolute atomic E-state index is 11.1. The van der Waals surface area contributed by atoms with Crippen molar-refractivity contribution in [2.45, 2.75) is 6.42 Å². The molecule has 0 unspecified atom stereocenters. The molecule has 0 bridgehead atoms. The van der Waals surface area contributed by atoms with Crippen LogP contribution in [-0.4, -0.2) is 56.6 Å². The van der Waals surface area contributed by atoms with Crippen LogP contribution in [0.25, 0.3) is 0 Å². The molecule has 1 heterocycles. The van der Waals surface area contributed by atoms with Crippen LogP contribution in [0.5, 0.6) is 0 Å². The monoisotopic (exact) mass is 302 g/mol. The van der Waals surface area contributed by atoms with E-state index in [9.17, 15) is 4.79 Å². The van der Waals surface area contributed by atoms with E-state index in [1.807, 2.05) is 4.90 Å². The molecule has 0 saturated carbocycles. The average molecular weight is 303 g/mol. The van der Waals surface area contributed by atoms with Crippen molar-refractivity contribution in [1.29, 1.82) is 0 Å². The minimum atomic E-state index is -1.03. The molecule has 0 atom stereocenters. The second-order valence-electron chi connectivity index (χ2n) is 4.17. The first-order chi connectivity index (χ1) is 9.58. The molecule has 0 fully saturated rings. The molecule has 1 N–H and O–H groups in total. The molecule has 0 spiro atoms. The third-order valence-corrected chi connectivity index (χ3v) is 2.89. The minimum absolute atomic E-state index is 0.120. The summed E-state index contributed by atoms with van der Waals surface area (Å²) in [5, 5.41) is 9.22. The van der Waals surface area contributed by atoms with Gasteiger partial charge in [0.25, 0.3) is 0 Å². The van der Waals surface area contributed by atoms with Gasteiger partial charge in [-0.3, -0.25) is 0 Å². The van der Waals surface area contributed by atoms with Gasteiger partial charge in [-0.05, 0) is 18.6 Å². The molecule has 20 heavy (non-hydrogen) atoms. The lowest BCUT2D eigenvalue weighted by molar-refractivity contribution is 0.0696. The zero-order valence-electron chi connectivity index (χ0n) is 11.6. The van der Waals surface area contributed by atoms with Crippen LogP contribution in [0.4, 0.5) is 5.82 Å².